The number of nitrogens with zero attached hydrogens (tertiary/aromatic N) is 2. The van der Waals surface area contributed by atoms with Crippen molar-refractivity contribution in [1.29, 1.82) is 0 Å². The van der Waals surface area contributed by atoms with E-state index in [1.54, 1.807) is 13.0 Å². The number of hydrogen-bond acceptors (Lipinski definition) is 5. The van der Waals surface area contributed by atoms with Gasteiger partial charge in [0.2, 0.25) is 0 Å². The lowest BCUT2D eigenvalue weighted by atomic mass is 10.3. The molecule has 0 aliphatic carbocycles. The smallest absolute Gasteiger partial charge is 0.124 e. The highest BCUT2D eigenvalue weighted by atomic mass is 32.2. The van der Waals surface area contributed by atoms with Crippen LogP contribution in [0.4, 0.5) is 10.1 Å². The highest BCUT2D eigenvalue weighted by Crippen LogP contribution is 2.28. The van der Waals surface area contributed by atoms with Crippen LogP contribution < -0.4 is 5.73 Å². The maximum absolute atomic E-state index is 13.0. The van der Waals surface area contributed by atoms with Gasteiger partial charge < -0.3 is 5.73 Å². The number of aromatic nitrogens is 2. The molecule has 0 unspecified atom stereocenters. The fourth-order valence-electron chi connectivity index (χ4n) is 1.16. The van der Waals surface area contributed by atoms with Gasteiger partial charge in [-0.15, -0.1) is 11.8 Å². The first-order chi connectivity index (χ1) is 7.66. The van der Waals surface area contributed by atoms with Gasteiger partial charge in [-0.2, -0.15) is 0 Å². The van der Waals surface area contributed by atoms with Crippen LogP contribution in [0.15, 0.2) is 27.7 Å². The lowest BCUT2D eigenvalue weighted by Gasteiger charge is -2.03. The molecule has 2 aromatic rings. The molecule has 1 aromatic heterocycles. The van der Waals surface area contributed by atoms with Crippen molar-refractivity contribution in [3.8, 4) is 0 Å². The van der Waals surface area contributed by atoms with Gasteiger partial charge >= 0.3 is 0 Å². The second-order valence-electron chi connectivity index (χ2n) is 3.27. The summed E-state index contributed by atoms with van der Waals surface area (Å²) in [4.78, 5) is 0.697. The summed E-state index contributed by atoms with van der Waals surface area (Å²) in [6, 6.07) is 4.29. The molecule has 16 heavy (non-hydrogen) atoms. The van der Waals surface area contributed by atoms with Crippen LogP contribution in [-0.4, -0.2) is 10.3 Å². The molecule has 0 spiro atoms. The first kappa shape index (κ1) is 10.9. The summed E-state index contributed by atoms with van der Waals surface area (Å²) in [5.41, 5.74) is 7.76. The Bertz CT molecular complexity index is 501. The Balaban J connectivity index is 2.10. The predicted octanol–water partition coefficient (Wildman–Crippen LogP) is 2.39. The number of rotatable bonds is 3. The normalized spacial score (nSPS) is 10.6. The Kier molecular flexibility index (Phi) is 3.09. The zero-order chi connectivity index (χ0) is 11.5. The van der Waals surface area contributed by atoms with Crippen LogP contribution in [0.1, 0.15) is 11.4 Å². The molecule has 0 aliphatic heterocycles. The van der Waals surface area contributed by atoms with Crippen molar-refractivity contribution in [2.45, 2.75) is 17.6 Å². The number of aryl methyl sites for hydroxylation is 1. The molecular formula is C10H10FN3OS. The van der Waals surface area contributed by atoms with Crippen LogP contribution in [0.2, 0.25) is 0 Å². The largest absolute Gasteiger partial charge is 0.398 e. The van der Waals surface area contributed by atoms with E-state index >= 15 is 0 Å². The van der Waals surface area contributed by atoms with Gasteiger partial charge in [0.05, 0.1) is 0 Å². The van der Waals surface area contributed by atoms with Crippen molar-refractivity contribution in [3.05, 3.63) is 35.4 Å². The van der Waals surface area contributed by atoms with Crippen LogP contribution in [0.25, 0.3) is 0 Å². The third kappa shape index (κ3) is 2.33. The number of halogens is 1. The molecule has 0 amide bonds. The van der Waals surface area contributed by atoms with E-state index in [0.717, 1.165) is 11.4 Å². The molecule has 6 heteroatoms. The molecule has 0 fully saturated rings. The molecule has 0 bridgehead atoms. The summed E-state index contributed by atoms with van der Waals surface area (Å²) in [5, 5.41) is 7.41. The van der Waals surface area contributed by atoms with Crippen molar-refractivity contribution in [1.82, 2.24) is 10.3 Å². The standard InChI is InChI=1S/C10H10FN3OS/c1-6-9(14-15-13-6)5-16-10-4-7(11)2-3-8(10)12/h2-4H,5,12H2,1H3. The summed E-state index contributed by atoms with van der Waals surface area (Å²) in [5.74, 6) is 0.259. The van der Waals surface area contributed by atoms with Gasteiger partial charge in [-0.05, 0) is 25.1 Å². The van der Waals surface area contributed by atoms with E-state index in [0.29, 0.717) is 16.3 Å². The Morgan fingerprint density at radius 3 is 2.94 bits per heavy atom. The van der Waals surface area contributed by atoms with Crippen molar-refractivity contribution < 1.29 is 9.02 Å². The Hall–Kier alpha value is -1.56. The van der Waals surface area contributed by atoms with E-state index in [9.17, 15) is 4.39 Å². The van der Waals surface area contributed by atoms with Crippen molar-refractivity contribution in [2.24, 2.45) is 0 Å². The SMILES string of the molecule is Cc1nonc1CSc1cc(F)ccc1N. The van der Waals surface area contributed by atoms with Crippen LogP contribution in [0.3, 0.4) is 0 Å². The molecule has 0 atom stereocenters. The molecule has 2 N–H and O–H groups in total. The summed E-state index contributed by atoms with van der Waals surface area (Å²) in [7, 11) is 0. The van der Waals surface area contributed by atoms with Crippen LogP contribution in [-0.2, 0) is 5.75 Å². The molecule has 2 rings (SSSR count). The topological polar surface area (TPSA) is 64.9 Å². The van der Waals surface area contributed by atoms with Crippen molar-refractivity contribution in [3.63, 3.8) is 0 Å². The predicted molar refractivity (Wildman–Crippen MR) is 59.4 cm³/mol. The number of benzene rings is 1. The molecule has 0 saturated heterocycles. The van der Waals surface area contributed by atoms with Gasteiger partial charge in [-0.3, -0.25) is 0 Å². The summed E-state index contributed by atoms with van der Waals surface area (Å²) in [6.45, 7) is 1.81. The van der Waals surface area contributed by atoms with Gasteiger partial charge in [0.1, 0.15) is 17.2 Å². The van der Waals surface area contributed by atoms with Crippen LogP contribution in [0.5, 0.6) is 0 Å². The minimum absolute atomic E-state index is 0.299. The minimum atomic E-state index is -0.299. The molecule has 0 radical (unpaired) electrons. The van der Waals surface area contributed by atoms with Crippen LogP contribution >= 0.6 is 11.8 Å². The monoisotopic (exact) mass is 239 g/mol. The van der Waals surface area contributed by atoms with E-state index in [1.165, 1.54) is 23.9 Å². The van der Waals surface area contributed by atoms with Gasteiger partial charge in [-0.1, -0.05) is 10.3 Å². The van der Waals surface area contributed by atoms with Gasteiger partial charge in [-0.25, -0.2) is 9.02 Å². The Morgan fingerprint density at radius 2 is 2.25 bits per heavy atom. The lowest BCUT2D eigenvalue weighted by molar-refractivity contribution is 0.302. The number of thioether (sulfide) groups is 1. The van der Waals surface area contributed by atoms with E-state index in [4.69, 9.17) is 5.73 Å². The maximum atomic E-state index is 13.0. The maximum Gasteiger partial charge on any atom is 0.124 e. The fourth-order valence-corrected chi connectivity index (χ4v) is 2.14. The van der Waals surface area contributed by atoms with Gasteiger partial charge in [0.15, 0.2) is 0 Å². The average molecular weight is 239 g/mol. The number of nitrogens with two attached hydrogens (primary N) is 1. The van der Waals surface area contributed by atoms with E-state index in [1.807, 2.05) is 0 Å². The van der Waals surface area contributed by atoms with Crippen molar-refractivity contribution >= 4 is 17.4 Å². The van der Waals surface area contributed by atoms with Crippen molar-refractivity contribution in [2.75, 3.05) is 5.73 Å². The third-order valence-electron chi connectivity index (χ3n) is 2.09. The van der Waals surface area contributed by atoms with E-state index < -0.39 is 0 Å². The van der Waals surface area contributed by atoms with E-state index in [-0.39, 0.29) is 5.82 Å². The Morgan fingerprint density at radius 1 is 1.44 bits per heavy atom. The zero-order valence-electron chi connectivity index (χ0n) is 8.61. The molecule has 4 nitrogen and oxygen atoms in total. The average Bonchev–Trinajstić information content (AvgIpc) is 2.66. The first-order valence-corrected chi connectivity index (χ1v) is 5.61. The van der Waals surface area contributed by atoms with Gasteiger partial charge in [0, 0.05) is 16.3 Å². The second kappa shape index (κ2) is 4.52. The molecule has 84 valence electrons. The number of hydrogen-bond donors (Lipinski definition) is 1. The third-order valence-corrected chi connectivity index (χ3v) is 3.17. The highest BCUT2D eigenvalue weighted by Gasteiger charge is 2.08. The molecule has 1 heterocycles. The lowest BCUT2D eigenvalue weighted by Crippen LogP contribution is -1.91. The summed E-state index contributed by atoms with van der Waals surface area (Å²) < 4.78 is 17.5. The highest BCUT2D eigenvalue weighted by molar-refractivity contribution is 7.98. The van der Waals surface area contributed by atoms with Crippen LogP contribution in [0, 0.1) is 12.7 Å². The second-order valence-corrected chi connectivity index (χ2v) is 4.28. The first-order valence-electron chi connectivity index (χ1n) is 4.62. The quantitative estimate of drug-likeness (QED) is 0.658. The zero-order valence-corrected chi connectivity index (χ0v) is 9.42. The molecule has 0 saturated carbocycles. The minimum Gasteiger partial charge on any atom is -0.398 e. The summed E-state index contributed by atoms with van der Waals surface area (Å²) in [6.07, 6.45) is 0. The fraction of sp³-hybridized carbons (Fsp3) is 0.200. The molecule has 0 aliphatic rings. The Labute approximate surface area is 96.0 Å². The summed E-state index contributed by atoms with van der Waals surface area (Å²) >= 11 is 1.41. The number of anilines is 1. The van der Waals surface area contributed by atoms with Gasteiger partial charge in [0.25, 0.3) is 0 Å². The molecule has 1 aromatic carbocycles. The number of nitrogen functional groups attached to an aromatic ring is 1. The molecular weight excluding hydrogens is 229 g/mol. The van der Waals surface area contributed by atoms with E-state index in [2.05, 4.69) is 14.9 Å².